The van der Waals surface area contributed by atoms with Crippen LogP contribution in [0.1, 0.15) is 23.8 Å². The summed E-state index contributed by atoms with van der Waals surface area (Å²) in [6.07, 6.45) is 3.79. The number of nitrogens with zero attached hydrogens (tertiary/aromatic N) is 4. The summed E-state index contributed by atoms with van der Waals surface area (Å²) in [5, 5.41) is 7.87. The van der Waals surface area contributed by atoms with Gasteiger partial charge in [0.2, 0.25) is 27.7 Å². The minimum Gasteiger partial charge on any atom is -0.437 e. The third kappa shape index (κ3) is 3.52. The number of benzene rings is 1. The van der Waals surface area contributed by atoms with Crippen molar-refractivity contribution in [3.05, 3.63) is 41.9 Å². The molecular formula is C16H16N4O5S. The smallest absolute Gasteiger partial charge is 0.246 e. The van der Waals surface area contributed by atoms with Gasteiger partial charge in [-0.1, -0.05) is 12.1 Å². The fourth-order valence-corrected chi connectivity index (χ4v) is 3.44. The van der Waals surface area contributed by atoms with Crippen molar-refractivity contribution in [1.82, 2.24) is 19.5 Å². The second kappa shape index (κ2) is 6.63. The molecule has 0 saturated carbocycles. The number of aromatic nitrogens is 3. The average Bonchev–Trinajstić information content (AvgIpc) is 3.26. The van der Waals surface area contributed by atoms with Crippen molar-refractivity contribution in [2.24, 2.45) is 0 Å². The van der Waals surface area contributed by atoms with E-state index in [1.807, 2.05) is 24.3 Å². The van der Waals surface area contributed by atoms with Gasteiger partial charge in [0.15, 0.2) is 5.58 Å². The molecule has 0 spiro atoms. The van der Waals surface area contributed by atoms with Crippen LogP contribution in [0.5, 0.6) is 0 Å². The zero-order valence-corrected chi connectivity index (χ0v) is 14.7. The molecule has 0 amide bonds. The average molecular weight is 376 g/mol. The Hall–Kier alpha value is -2.56. The van der Waals surface area contributed by atoms with Crippen molar-refractivity contribution in [3.8, 4) is 0 Å². The van der Waals surface area contributed by atoms with Crippen molar-refractivity contribution in [2.75, 3.05) is 26.0 Å². The molecule has 0 bridgehead atoms. The number of sulfonamides is 1. The van der Waals surface area contributed by atoms with Gasteiger partial charge in [0.05, 0.1) is 12.9 Å². The molecule has 0 N–H and O–H groups in total. The number of rotatable bonds is 4. The summed E-state index contributed by atoms with van der Waals surface area (Å²) in [6, 6.07) is 7.44. The Morgan fingerprint density at radius 3 is 2.77 bits per heavy atom. The van der Waals surface area contributed by atoms with E-state index in [1.54, 1.807) is 12.2 Å². The standard InChI is InChI=1S/C16H16N4O5S/c1-26(21,22)20-8-9-23-13(10-20)16-19-18-15(25-16)7-6-14-17-11-4-2-3-5-12(11)24-14/h2-7,13H,8-10H2,1H3/b7-6+. The number of para-hydroxylation sites is 2. The molecule has 3 aromatic rings. The van der Waals surface area contributed by atoms with Crippen LogP contribution in [-0.4, -0.2) is 53.9 Å². The van der Waals surface area contributed by atoms with Gasteiger partial charge < -0.3 is 13.6 Å². The summed E-state index contributed by atoms with van der Waals surface area (Å²) < 4.78 is 41.4. The third-order valence-electron chi connectivity index (χ3n) is 3.91. The second-order valence-electron chi connectivity index (χ2n) is 5.81. The third-order valence-corrected chi connectivity index (χ3v) is 5.18. The zero-order chi connectivity index (χ0) is 18.1. The van der Waals surface area contributed by atoms with Crippen LogP contribution in [0.25, 0.3) is 23.3 Å². The van der Waals surface area contributed by atoms with Gasteiger partial charge in [-0.15, -0.1) is 10.2 Å². The molecular weight excluding hydrogens is 360 g/mol. The lowest BCUT2D eigenvalue weighted by Gasteiger charge is -2.29. The predicted octanol–water partition coefficient (Wildman–Crippen LogP) is 1.71. The molecule has 9 nitrogen and oxygen atoms in total. The molecule has 1 aliphatic rings. The number of hydrogen-bond acceptors (Lipinski definition) is 8. The van der Waals surface area contributed by atoms with E-state index in [-0.39, 0.29) is 24.9 Å². The highest BCUT2D eigenvalue weighted by Crippen LogP contribution is 2.23. The first-order valence-corrected chi connectivity index (χ1v) is 9.78. The molecule has 1 aromatic carbocycles. The second-order valence-corrected chi connectivity index (χ2v) is 7.79. The molecule has 136 valence electrons. The Kier molecular flexibility index (Phi) is 4.31. The lowest BCUT2D eigenvalue weighted by Crippen LogP contribution is -2.41. The van der Waals surface area contributed by atoms with Gasteiger partial charge in [-0.2, -0.15) is 4.31 Å². The first kappa shape index (κ1) is 16.9. The molecule has 1 atom stereocenters. The summed E-state index contributed by atoms with van der Waals surface area (Å²) in [5.74, 6) is 0.904. The van der Waals surface area contributed by atoms with E-state index in [2.05, 4.69) is 15.2 Å². The maximum absolute atomic E-state index is 11.7. The van der Waals surface area contributed by atoms with E-state index < -0.39 is 16.1 Å². The minimum absolute atomic E-state index is 0.148. The van der Waals surface area contributed by atoms with E-state index in [0.717, 1.165) is 11.8 Å². The molecule has 0 aliphatic carbocycles. The van der Waals surface area contributed by atoms with Crippen LogP contribution in [0.3, 0.4) is 0 Å². The van der Waals surface area contributed by atoms with Crippen LogP contribution in [0.15, 0.2) is 33.1 Å². The van der Waals surface area contributed by atoms with Crippen LogP contribution >= 0.6 is 0 Å². The molecule has 2 aromatic heterocycles. The molecule has 1 fully saturated rings. The monoisotopic (exact) mass is 376 g/mol. The first-order valence-electron chi connectivity index (χ1n) is 7.93. The Bertz CT molecular complexity index is 1020. The summed E-state index contributed by atoms with van der Waals surface area (Å²) >= 11 is 0. The van der Waals surface area contributed by atoms with E-state index in [9.17, 15) is 8.42 Å². The van der Waals surface area contributed by atoms with E-state index >= 15 is 0 Å². The van der Waals surface area contributed by atoms with Crippen molar-refractivity contribution in [1.29, 1.82) is 0 Å². The van der Waals surface area contributed by atoms with Gasteiger partial charge in [0.25, 0.3) is 0 Å². The lowest BCUT2D eigenvalue weighted by atomic mass is 10.3. The molecule has 4 rings (SSSR count). The van der Waals surface area contributed by atoms with Crippen molar-refractivity contribution < 1.29 is 22.0 Å². The van der Waals surface area contributed by atoms with Crippen molar-refractivity contribution >= 4 is 33.3 Å². The topological polar surface area (TPSA) is 112 Å². The number of morpholine rings is 1. The summed E-state index contributed by atoms with van der Waals surface area (Å²) in [4.78, 5) is 4.32. The number of ether oxygens (including phenoxy) is 1. The normalized spacial score (nSPS) is 19.5. The maximum atomic E-state index is 11.7. The van der Waals surface area contributed by atoms with Crippen LogP contribution in [-0.2, 0) is 14.8 Å². The lowest BCUT2D eigenvalue weighted by molar-refractivity contribution is -0.0172. The minimum atomic E-state index is -3.29. The first-order chi connectivity index (χ1) is 12.5. The van der Waals surface area contributed by atoms with Gasteiger partial charge >= 0.3 is 0 Å². The van der Waals surface area contributed by atoms with E-state index in [1.165, 1.54) is 4.31 Å². The summed E-state index contributed by atoms with van der Waals surface area (Å²) in [7, 11) is -3.29. The van der Waals surface area contributed by atoms with Crippen molar-refractivity contribution in [3.63, 3.8) is 0 Å². The van der Waals surface area contributed by atoms with E-state index in [4.69, 9.17) is 13.6 Å². The zero-order valence-electron chi connectivity index (χ0n) is 13.9. The highest BCUT2D eigenvalue weighted by atomic mass is 32.2. The highest BCUT2D eigenvalue weighted by Gasteiger charge is 2.30. The molecule has 1 aliphatic heterocycles. The molecule has 1 unspecified atom stereocenters. The van der Waals surface area contributed by atoms with Crippen molar-refractivity contribution in [2.45, 2.75) is 6.10 Å². The van der Waals surface area contributed by atoms with Crippen LogP contribution in [0.2, 0.25) is 0 Å². The molecule has 10 heteroatoms. The van der Waals surface area contributed by atoms with Crippen LogP contribution in [0, 0.1) is 0 Å². The fraction of sp³-hybridized carbons (Fsp3) is 0.312. The summed E-state index contributed by atoms with van der Waals surface area (Å²) in [6.45, 7) is 0.734. The van der Waals surface area contributed by atoms with Crippen LogP contribution in [0.4, 0.5) is 0 Å². The molecule has 3 heterocycles. The Morgan fingerprint density at radius 1 is 1.15 bits per heavy atom. The molecule has 26 heavy (non-hydrogen) atoms. The summed E-state index contributed by atoms with van der Waals surface area (Å²) in [5.41, 5.74) is 1.45. The largest absolute Gasteiger partial charge is 0.437 e. The quantitative estimate of drug-likeness (QED) is 0.676. The van der Waals surface area contributed by atoms with Gasteiger partial charge in [-0.3, -0.25) is 0 Å². The highest BCUT2D eigenvalue weighted by molar-refractivity contribution is 7.88. The van der Waals surface area contributed by atoms with Gasteiger partial charge in [0, 0.05) is 25.2 Å². The Morgan fingerprint density at radius 2 is 1.96 bits per heavy atom. The van der Waals surface area contributed by atoms with E-state index in [0.29, 0.717) is 18.0 Å². The van der Waals surface area contributed by atoms with Gasteiger partial charge in [-0.25, -0.2) is 13.4 Å². The number of oxazole rings is 1. The molecule has 0 radical (unpaired) electrons. The number of hydrogen-bond donors (Lipinski definition) is 0. The van der Waals surface area contributed by atoms with Gasteiger partial charge in [-0.05, 0) is 12.1 Å². The number of fused-ring (bicyclic) bond motifs is 1. The Labute approximate surface area is 149 Å². The molecule has 1 saturated heterocycles. The van der Waals surface area contributed by atoms with Gasteiger partial charge in [0.1, 0.15) is 11.6 Å². The fourth-order valence-electron chi connectivity index (χ4n) is 2.62. The SMILES string of the molecule is CS(=O)(=O)N1CCOC(c2nnc(/C=C/c3nc4ccccc4o3)o2)C1. The Balaban J connectivity index is 1.49. The maximum Gasteiger partial charge on any atom is 0.246 e. The predicted molar refractivity (Wildman–Crippen MR) is 92.3 cm³/mol. The van der Waals surface area contributed by atoms with Crippen LogP contribution < -0.4 is 0 Å².